The van der Waals surface area contributed by atoms with Crippen LogP contribution in [0.2, 0.25) is 0 Å². The summed E-state index contributed by atoms with van der Waals surface area (Å²) in [7, 11) is 1.29. The number of anilines is 1. The van der Waals surface area contributed by atoms with Crippen molar-refractivity contribution in [2.45, 2.75) is 13.5 Å². The summed E-state index contributed by atoms with van der Waals surface area (Å²) in [6, 6.07) is 13.6. The molecule has 0 aliphatic heterocycles. The molecule has 0 aliphatic carbocycles. The molecule has 3 aromatic rings. The largest absolute Gasteiger partial charge is 0.464 e. The molecule has 3 N–H and O–H groups in total. The standard InChI is InChI=1S/C22H22N4O4/c1-3-23-20(27)15-7-4-6-14(12-15)13-25-22(29)26-18-9-5-8-17-16(18)10-11-24-19(17)21(28)30-2/h4-12H,3,13H2,1-2H3,(H,23,27)(H2,25,26,29). The van der Waals surface area contributed by atoms with Crippen molar-refractivity contribution in [2.24, 2.45) is 0 Å². The highest BCUT2D eigenvalue weighted by Gasteiger charge is 2.14. The van der Waals surface area contributed by atoms with Crippen molar-refractivity contribution in [3.8, 4) is 0 Å². The van der Waals surface area contributed by atoms with Crippen LogP contribution in [-0.2, 0) is 11.3 Å². The van der Waals surface area contributed by atoms with Gasteiger partial charge in [-0.15, -0.1) is 0 Å². The minimum Gasteiger partial charge on any atom is -0.464 e. The first-order chi connectivity index (χ1) is 14.5. The van der Waals surface area contributed by atoms with Crippen molar-refractivity contribution >= 4 is 34.4 Å². The molecule has 3 amide bonds. The third-order valence-electron chi connectivity index (χ3n) is 4.41. The van der Waals surface area contributed by atoms with Gasteiger partial charge in [0.15, 0.2) is 5.69 Å². The number of hydrogen-bond acceptors (Lipinski definition) is 5. The molecule has 0 aliphatic rings. The molecule has 3 rings (SSSR count). The van der Waals surface area contributed by atoms with Crippen molar-refractivity contribution in [3.63, 3.8) is 0 Å². The molecule has 0 unspecified atom stereocenters. The number of nitrogens with one attached hydrogen (secondary N) is 3. The van der Waals surface area contributed by atoms with Gasteiger partial charge in [0, 0.05) is 35.6 Å². The third-order valence-corrected chi connectivity index (χ3v) is 4.41. The van der Waals surface area contributed by atoms with Gasteiger partial charge in [0.05, 0.1) is 12.8 Å². The van der Waals surface area contributed by atoms with Crippen molar-refractivity contribution in [3.05, 3.63) is 71.5 Å². The van der Waals surface area contributed by atoms with Crippen LogP contribution in [0, 0.1) is 0 Å². The van der Waals surface area contributed by atoms with E-state index < -0.39 is 12.0 Å². The molecule has 1 aromatic heterocycles. The zero-order chi connectivity index (χ0) is 21.5. The van der Waals surface area contributed by atoms with Gasteiger partial charge >= 0.3 is 12.0 Å². The normalized spacial score (nSPS) is 10.3. The Bertz CT molecular complexity index is 1100. The molecule has 0 saturated heterocycles. The number of rotatable bonds is 6. The van der Waals surface area contributed by atoms with Crippen LogP contribution in [0.1, 0.15) is 33.3 Å². The number of aromatic nitrogens is 1. The van der Waals surface area contributed by atoms with Crippen LogP contribution in [0.15, 0.2) is 54.7 Å². The van der Waals surface area contributed by atoms with Crippen molar-refractivity contribution in [2.75, 3.05) is 19.0 Å². The molecule has 0 fully saturated rings. The van der Waals surface area contributed by atoms with Crippen molar-refractivity contribution in [1.29, 1.82) is 0 Å². The molecule has 0 spiro atoms. The van der Waals surface area contributed by atoms with Crippen LogP contribution in [0.3, 0.4) is 0 Å². The summed E-state index contributed by atoms with van der Waals surface area (Å²) in [4.78, 5) is 40.4. The number of carbonyl (C=O) groups is 3. The number of fused-ring (bicyclic) bond motifs is 1. The van der Waals surface area contributed by atoms with Gasteiger partial charge in [0.25, 0.3) is 5.91 Å². The summed E-state index contributed by atoms with van der Waals surface area (Å²) >= 11 is 0. The molecule has 0 saturated carbocycles. The number of nitrogens with zero attached hydrogens (tertiary/aromatic N) is 1. The van der Waals surface area contributed by atoms with Crippen LogP contribution < -0.4 is 16.0 Å². The first kappa shape index (κ1) is 20.8. The van der Waals surface area contributed by atoms with E-state index in [0.717, 1.165) is 5.56 Å². The van der Waals surface area contributed by atoms with Gasteiger partial charge in [-0.2, -0.15) is 0 Å². The minimum absolute atomic E-state index is 0.158. The van der Waals surface area contributed by atoms with Gasteiger partial charge in [-0.1, -0.05) is 24.3 Å². The quantitative estimate of drug-likeness (QED) is 0.545. The Kier molecular flexibility index (Phi) is 6.59. The maximum Gasteiger partial charge on any atom is 0.357 e. The maximum atomic E-state index is 12.4. The van der Waals surface area contributed by atoms with Gasteiger partial charge in [-0.3, -0.25) is 4.79 Å². The number of methoxy groups -OCH3 is 1. The summed E-state index contributed by atoms with van der Waals surface area (Å²) in [5, 5.41) is 9.55. The summed E-state index contributed by atoms with van der Waals surface area (Å²) < 4.78 is 4.76. The Balaban J connectivity index is 1.71. The number of ether oxygens (including phenoxy) is 1. The summed E-state index contributed by atoms with van der Waals surface area (Å²) in [5.74, 6) is -0.705. The van der Waals surface area contributed by atoms with E-state index in [2.05, 4.69) is 20.9 Å². The number of benzene rings is 2. The average Bonchev–Trinajstić information content (AvgIpc) is 2.77. The third kappa shape index (κ3) is 4.72. The molecular weight excluding hydrogens is 384 g/mol. The zero-order valence-electron chi connectivity index (χ0n) is 16.7. The van der Waals surface area contributed by atoms with Crippen LogP contribution in [0.4, 0.5) is 10.5 Å². The summed E-state index contributed by atoms with van der Waals surface area (Å²) in [6.07, 6.45) is 1.49. The van der Waals surface area contributed by atoms with E-state index >= 15 is 0 Å². The number of hydrogen-bond donors (Lipinski definition) is 3. The van der Waals surface area contributed by atoms with Gasteiger partial charge in [-0.25, -0.2) is 14.6 Å². The lowest BCUT2D eigenvalue weighted by Crippen LogP contribution is -2.28. The number of esters is 1. The molecule has 8 nitrogen and oxygen atoms in total. The highest BCUT2D eigenvalue weighted by Crippen LogP contribution is 2.25. The summed E-state index contributed by atoms with van der Waals surface area (Å²) in [6.45, 7) is 2.64. The number of urea groups is 1. The lowest BCUT2D eigenvalue weighted by Gasteiger charge is -2.12. The molecule has 0 bridgehead atoms. The van der Waals surface area contributed by atoms with Crippen LogP contribution in [-0.4, -0.2) is 36.5 Å². The molecule has 0 radical (unpaired) electrons. The Morgan fingerprint density at radius 2 is 1.80 bits per heavy atom. The Morgan fingerprint density at radius 3 is 2.57 bits per heavy atom. The van der Waals surface area contributed by atoms with E-state index in [1.54, 1.807) is 42.5 Å². The fraction of sp³-hybridized carbons (Fsp3) is 0.182. The molecule has 1 heterocycles. The second-order valence-corrected chi connectivity index (χ2v) is 6.42. The second kappa shape index (κ2) is 9.51. The molecular formula is C22H22N4O4. The first-order valence-corrected chi connectivity index (χ1v) is 9.41. The number of carbonyl (C=O) groups excluding carboxylic acids is 3. The predicted octanol–water partition coefficient (Wildman–Crippen LogP) is 3.09. The lowest BCUT2D eigenvalue weighted by atomic mass is 10.1. The molecule has 30 heavy (non-hydrogen) atoms. The molecule has 2 aromatic carbocycles. The zero-order valence-corrected chi connectivity index (χ0v) is 16.7. The van der Waals surface area contributed by atoms with Gasteiger partial charge in [-0.05, 0) is 36.8 Å². The highest BCUT2D eigenvalue weighted by molar-refractivity contribution is 6.08. The second-order valence-electron chi connectivity index (χ2n) is 6.42. The first-order valence-electron chi connectivity index (χ1n) is 9.41. The maximum absolute atomic E-state index is 12.4. The monoisotopic (exact) mass is 406 g/mol. The summed E-state index contributed by atoms with van der Waals surface area (Å²) in [5.41, 5.74) is 2.05. The molecule has 0 atom stereocenters. The highest BCUT2D eigenvalue weighted by atomic mass is 16.5. The fourth-order valence-electron chi connectivity index (χ4n) is 3.01. The van der Waals surface area contributed by atoms with Gasteiger partial charge in [0.1, 0.15) is 0 Å². The van der Waals surface area contributed by atoms with Crippen LogP contribution in [0.5, 0.6) is 0 Å². The van der Waals surface area contributed by atoms with E-state index in [1.807, 2.05) is 13.0 Å². The van der Waals surface area contributed by atoms with Crippen LogP contribution >= 0.6 is 0 Å². The van der Waals surface area contributed by atoms with Crippen molar-refractivity contribution < 1.29 is 19.1 Å². The fourth-order valence-corrected chi connectivity index (χ4v) is 3.01. The topological polar surface area (TPSA) is 109 Å². The smallest absolute Gasteiger partial charge is 0.357 e. The molecule has 154 valence electrons. The Hall–Kier alpha value is -3.94. The van der Waals surface area contributed by atoms with E-state index in [9.17, 15) is 14.4 Å². The molecule has 8 heteroatoms. The van der Waals surface area contributed by atoms with Gasteiger partial charge in [0.2, 0.25) is 0 Å². The van der Waals surface area contributed by atoms with E-state index in [1.165, 1.54) is 13.3 Å². The SMILES string of the molecule is CCNC(=O)c1cccc(CNC(=O)Nc2cccc3c(C(=O)OC)nccc23)c1. The minimum atomic E-state index is -0.547. The number of pyridine rings is 1. The van der Waals surface area contributed by atoms with E-state index in [4.69, 9.17) is 4.74 Å². The lowest BCUT2D eigenvalue weighted by molar-refractivity contribution is 0.0596. The average molecular weight is 406 g/mol. The Labute approximate surface area is 173 Å². The van der Waals surface area contributed by atoms with Crippen molar-refractivity contribution in [1.82, 2.24) is 15.6 Å². The van der Waals surface area contributed by atoms with Gasteiger partial charge < -0.3 is 20.7 Å². The van der Waals surface area contributed by atoms with E-state index in [0.29, 0.717) is 28.6 Å². The van der Waals surface area contributed by atoms with E-state index in [-0.39, 0.29) is 18.1 Å². The number of amides is 3. The Morgan fingerprint density at radius 1 is 1.00 bits per heavy atom. The predicted molar refractivity (Wildman–Crippen MR) is 113 cm³/mol. The van der Waals surface area contributed by atoms with Crippen LogP contribution in [0.25, 0.3) is 10.8 Å².